The average Bonchev–Trinajstić information content (AvgIpc) is 3.24. The van der Waals surface area contributed by atoms with Gasteiger partial charge in [-0.3, -0.25) is 9.59 Å². The summed E-state index contributed by atoms with van der Waals surface area (Å²) in [5.74, 6) is 0.246. The number of aromatic nitrogens is 2. The van der Waals surface area contributed by atoms with E-state index in [2.05, 4.69) is 17.0 Å². The standard InChI is InChI=1S/C23H20N4O2/c1-3-12-26-20-15(2)8-7-11-17(20)23(22(26)29)13-19(28)25-21-18(23)14-24-27(21)16-9-5-4-6-10-16/h3-11,14H,1,12-13H2,2H3,(H,25,28)/t23-/m0/s1. The van der Waals surface area contributed by atoms with Gasteiger partial charge in [-0.05, 0) is 30.2 Å². The van der Waals surface area contributed by atoms with E-state index in [1.54, 1.807) is 21.9 Å². The molecule has 5 rings (SSSR count). The van der Waals surface area contributed by atoms with Gasteiger partial charge in [0.05, 0.1) is 17.6 Å². The van der Waals surface area contributed by atoms with Crippen LogP contribution in [0.2, 0.25) is 0 Å². The number of amides is 2. The van der Waals surface area contributed by atoms with Crippen LogP contribution in [-0.4, -0.2) is 28.1 Å². The minimum atomic E-state index is -1.07. The minimum absolute atomic E-state index is 0.0589. The lowest BCUT2D eigenvalue weighted by molar-refractivity contribution is -0.126. The molecule has 0 fully saturated rings. The summed E-state index contributed by atoms with van der Waals surface area (Å²) in [7, 11) is 0. The van der Waals surface area contributed by atoms with Gasteiger partial charge < -0.3 is 10.2 Å². The first kappa shape index (κ1) is 17.4. The third kappa shape index (κ3) is 2.26. The molecule has 2 aromatic carbocycles. The molecule has 3 heterocycles. The second kappa shape index (κ2) is 6.17. The first-order chi connectivity index (χ1) is 14.1. The fourth-order valence-electron chi connectivity index (χ4n) is 4.60. The van der Waals surface area contributed by atoms with Crippen LogP contribution in [-0.2, 0) is 15.0 Å². The molecule has 2 aliphatic heterocycles. The number of carbonyl (C=O) groups excluding carboxylic acids is 2. The lowest BCUT2D eigenvalue weighted by Gasteiger charge is -2.32. The summed E-state index contributed by atoms with van der Waals surface area (Å²) in [6.45, 7) is 6.18. The molecule has 0 aliphatic carbocycles. The van der Waals surface area contributed by atoms with Gasteiger partial charge >= 0.3 is 0 Å². The molecule has 2 amide bonds. The Labute approximate surface area is 168 Å². The SMILES string of the molecule is C=CCN1C(=O)[C@@]2(CC(=O)Nc3c2cnn3-c2ccccc2)c2cccc(C)c21. The summed E-state index contributed by atoms with van der Waals surface area (Å²) < 4.78 is 1.69. The minimum Gasteiger partial charge on any atom is -0.310 e. The van der Waals surface area contributed by atoms with E-state index >= 15 is 0 Å². The maximum atomic E-state index is 13.8. The van der Waals surface area contributed by atoms with Gasteiger partial charge in [0.25, 0.3) is 0 Å². The number of hydrogen-bond donors (Lipinski definition) is 1. The normalized spacial score (nSPS) is 19.8. The Morgan fingerprint density at radius 1 is 1.14 bits per heavy atom. The highest BCUT2D eigenvalue weighted by molar-refractivity contribution is 6.16. The van der Waals surface area contributed by atoms with Crippen molar-refractivity contribution in [1.29, 1.82) is 0 Å². The number of hydrogen-bond acceptors (Lipinski definition) is 3. The van der Waals surface area contributed by atoms with Crippen molar-refractivity contribution in [2.75, 3.05) is 16.8 Å². The molecular formula is C23H20N4O2. The van der Waals surface area contributed by atoms with Gasteiger partial charge in [0, 0.05) is 18.5 Å². The zero-order chi connectivity index (χ0) is 20.2. The summed E-state index contributed by atoms with van der Waals surface area (Å²) in [5.41, 5.74) is 3.19. The highest BCUT2D eigenvalue weighted by Crippen LogP contribution is 2.53. The van der Waals surface area contributed by atoms with Crippen molar-refractivity contribution < 1.29 is 9.59 Å². The van der Waals surface area contributed by atoms with E-state index in [0.717, 1.165) is 28.1 Å². The number of para-hydroxylation sites is 2. The number of nitrogens with zero attached hydrogens (tertiary/aromatic N) is 3. The first-order valence-electron chi connectivity index (χ1n) is 9.54. The van der Waals surface area contributed by atoms with Gasteiger partial charge in [-0.2, -0.15) is 5.10 Å². The summed E-state index contributed by atoms with van der Waals surface area (Å²) in [6, 6.07) is 15.5. The van der Waals surface area contributed by atoms with Gasteiger partial charge in [-0.1, -0.05) is 42.5 Å². The Morgan fingerprint density at radius 3 is 2.69 bits per heavy atom. The molecule has 0 saturated carbocycles. The largest absolute Gasteiger partial charge is 0.310 e. The average molecular weight is 384 g/mol. The predicted octanol–water partition coefficient (Wildman–Crippen LogP) is 3.34. The van der Waals surface area contributed by atoms with Crippen LogP contribution in [0.25, 0.3) is 5.69 Å². The van der Waals surface area contributed by atoms with E-state index in [-0.39, 0.29) is 18.2 Å². The highest BCUT2D eigenvalue weighted by Gasteiger charge is 2.57. The Balaban J connectivity index is 1.79. The molecule has 2 aliphatic rings. The van der Waals surface area contributed by atoms with Crippen LogP contribution in [0.3, 0.4) is 0 Å². The molecule has 144 valence electrons. The maximum Gasteiger partial charge on any atom is 0.243 e. The van der Waals surface area contributed by atoms with E-state index < -0.39 is 5.41 Å². The highest BCUT2D eigenvalue weighted by atomic mass is 16.2. The summed E-state index contributed by atoms with van der Waals surface area (Å²) in [4.78, 5) is 28.4. The van der Waals surface area contributed by atoms with Crippen molar-refractivity contribution in [2.45, 2.75) is 18.8 Å². The molecule has 29 heavy (non-hydrogen) atoms. The molecule has 1 spiro atoms. The monoisotopic (exact) mass is 384 g/mol. The predicted molar refractivity (Wildman–Crippen MR) is 111 cm³/mol. The van der Waals surface area contributed by atoms with E-state index in [1.807, 2.05) is 55.5 Å². The Bertz CT molecular complexity index is 1160. The number of aryl methyl sites for hydroxylation is 1. The van der Waals surface area contributed by atoms with Gasteiger partial charge in [0.15, 0.2) is 0 Å². The van der Waals surface area contributed by atoms with E-state index in [9.17, 15) is 9.59 Å². The zero-order valence-electron chi connectivity index (χ0n) is 16.1. The summed E-state index contributed by atoms with van der Waals surface area (Å²) in [6.07, 6.45) is 3.48. The van der Waals surface area contributed by atoms with Crippen molar-refractivity contribution in [3.63, 3.8) is 0 Å². The Hall–Kier alpha value is -3.67. The Morgan fingerprint density at radius 2 is 1.93 bits per heavy atom. The fourth-order valence-corrected chi connectivity index (χ4v) is 4.60. The molecule has 1 aromatic heterocycles. The van der Waals surface area contributed by atoms with Crippen LogP contribution < -0.4 is 10.2 Å². The number of benzene rings is 2. The van der Waals surface area contributed by atoms with Gasteiger partial charge in [0.1, 0.15) is 11.2 Å². The Kier molecular flexibility index (Phi) is 3.71. The van der Waals surface area contributed by atoms with Gasteiger partial charge in [-0.15, -0.1) is 6.58 Å². The molecule has 1 atom stereocenters. The second-order valence-electron chi connectivity index (χ2n) is 7.46. The van der Waals surface area contributed by atoms with Gasteiger partial charge in [0.2, 0.25) is 11.8 Å². The van der Waals surface area contributed by atoms with Crippen molar-refractivity contribution in [3.8, 4) is 5.69 Å². The molecular weight excluding hydrogens is 364 g/mol. The van der Waals surface area contributed by atoms with Crippen molar-refractivity contribution >= 4 is 23.3 Å². The number of anilines is 2. The lowest BCUT2D eigenvalue weighted by Crippen LogP contribution is -2.46. The van der Waals surface area contributed by atoms with Crippen LogP contribution in [0.1, 0.15) is 23.1 Å². The molecule has 0 radical (unpaired) electrons. The number of carbonyl (C=O) groups is 2. The molecule has 6 heteroatoms. The summed E-state index contributed by atoms with van der Waals surface area (Å²) >= 11 is 0. The van der Waals surface area contributed by atoms with Crippen LogP contribution in [0.5, 0.6) is 0 Å². The van der Waals surface area contributed by atoms with Crippen LogP contribution >= 0.6 is 0 Å². The summed E-state index contributed by atoms with van der Waals surface area (Å²) in [5, 5.41) is 7.47. The molecule has 0 saturated heterocycles. The lowest BCUT2D eigenvalue weighted by atomic mass is 9.71. The van der Waals surface area contributed by atoms with E-state index in [1.165, 1.54) is 0 Å². The molecule has 6 nitrogen and oxygen atoms in total. The van der Waals surface area contributed by atoms with Crippen LogP contribution in [0, 0.1) is 6.92 Å². The third-order valence-corrected chi connectivity index (χ3v) is 5.80. The van der Waals surface area contributed by atoms with Crippen molar-refractivity contribution in [2.24, 2.45) is 0 Å². The van der Waals surface area contributed by atoms with Crippen LogP contribution in [0.4, 0.5) is 11.5 Å². The molecule has 3 aromatic rings. The van der Waals surface area contributed by atoms with Gasteiger partial charge in [-0.25, -0.2) is 4.68 Å². The van der Waals surface area contributed by atoms with Crippen molar-refractivity contribution in [3.05, 3.63) is 84.1 Å². The van der Waals surface area contributed by atoms with E-state index in [0.29, 0.717) is 12.4 Å². The smallest absolute Gasteiger partial charge is 0.243 e. The topological polar surface area (TPSA) is 67.2 Å². The number of nitrogens with one attached hydrogen (secondary N) is 1. The zero-order valence-corrected chi connectivity index (χ0v) is 16.1. The molecule has 0 unspecified atom stereocenters. The maximum absolute atomic E-state index is 13.8. The fraction of sp³-hybridized carbons (Fsp3) is 0.174. The van der Waals surface area contributed by atoms with Crippen molar-refractivity contribution in [1.82, 2.24) is 9.78 Å². The molecule has 0 bridgehead atoms. The quantitative estimate of drug-likeness (QED) is 0.705. The second-order valence-corrected chi connectivity index (χ2v) is 7.46. The van der Waals surface area contributed by atoms with E-state index in [4.69, 9.17) is 0 Å². The number of fused-ring (bicyclic) bond motifs is 4. The number of rotatable bonds is 3. The third-order valence-electron chi connectivity index (χ3n) is 5.80. The molecule has 1 N–H and O–H groups in total. The first-order valence-corrected chi connectivity index (χ1v) is 9.54. The van der Waals surface area contributed by atoms with Crippen LogP contribution in [0.15, 0.2) is 67.4 Å².